The van der Waals surface area contributed by atoms with Crippen LogP contribution in [0, 0.1) is 68.0 Å². The van der Waals surface area contributed by atoms with Gasteiger partial charge in [-0.3, -0.25) is 0 Å². The van der Waals surface area contributed by atoms with Gasteiger partial charge in [0.1, 0.15) is 0 Å². The first-order valence-corrected chi connectivity index (χ1v) is 19.5. The van der Waals surface area contributed by atoms with E-state index in [0.717, 1.165) is 77.2 Å². The summed E-state index contributed by atoms with van der Waals surface area (Å²) in [6, 6.07) is 63.4. The van der Waals surface area contributed by atoms with Gasteiger partial charge in [0.2, 0.25) is 0 Å². The van der Waals surface area contributed by atoms with Gasteiger partial charge in [-0.1, -0.05) is 60.7 Å². The highest BCUT2D eigenvalue weighted by atomic mass is 15.0. The van der Waals surface area contributed by atoms with Gasteiger partial charge in [-0.25, -0.2) is 0 Å². The van der Waals surface area contributed by atoms with E-state index in [1.807, 2.05) is 97.1 Å². The van der Waals surface area contributed by atoms with E-state index in [1.54, 1.807) is 36.4 Å². The Kier molecular flexibility index (Phi) is 8.62. The van der Waals surface area contributed by atoms with Gasteiger partial charge < -0.3 is 9.13 Å². The van der Waals surface area contributed by atoms with Crippen molar-refractivity contribution in [1.29, 1.82) is 31.6 Å². The molecule has 0 unspecified atom stereocenters. The monoisotopic (exact) mass is 786 g/mol. The standard InChI is InChI=1S/C54H26N8/c55-27-33-9-17-43(39(21-33)31-59)35-13-19-53-49(23-35)45-5-1-3-7-51(45)61(53)41-15-11-37(29-57)47(25-41)48-26-42(16-12-38(48)30-58)62-52-8-4-2-6-46(52)50-24-36(14-20-54(50)62)44-18-10-34(28-56)22-40(44)32-60/h1-26H. The SMILES string of the molecule is N#Cc1ccc(-c2ccc3c(c2)c2ccccc2n3-c2ccc(C#N)c(-c3cc(-n4c5ccccc5c5cc(-c6ccc(C#N)cc6C#N)ccc54)ccc3C#N)c2)c(C#N)c1. The quantitative estimate of drug-likeness (QED) is 0.169. The Labute approximate surface area is 355 Å². The summed E-state index contributed by atoms with van der Waals surface area (Å²) in [4.78, 5) is 0. The molecule has 0 amide bonds. The molecule has 282 valence electrons. The fourth-order valence-corrected chi connectivity index (χ4v) is 8.74. The van der Waals surface area contributed by atoms with Crippen LogP contribution < -0.4 is 0 Å². The van der Waals surface area contributed by atoms with Gasteiger partial charge in [-0.2, -0.15) is 31.6 Å². The molecule has 2 heterocycles. The molecule has 10 rings (SSSR count). The molecule has 0 saturated heterocycles. The fourth-order valence-electron chi connectivity index (χ4n) is 8.74. The van der Waals surface area contributed by atoms with Gasteiger partial charge in [0.25, 0.3) is 0 Å². The Morgan fingerprint density at radius 2 is 0.694 bits per heavy atom. The van der Waals surface area contributed by atoms with E-state index < -0.39 is 0 Å². The van der Waals surface area contributed by atoms with Crippen LogP contribution in [-0.4, -0.2) is 9.13 Å². The molecule has 0 atom stereocenters. The number of benzene rings is 8. The summed E-state index contributed by atoms with van der Waals surface area (Å²) in [5.74, 6) is 0. The first-order chi connectivity index (χ1) is 30.5. The van der Waals surface area contributed by atoms with Crippen LogP contribution >= 0.6 is 0 Å². The third-order valence-corrected chi connectivity index (χ3v) is 11.6. The van der Waals surface area contributed by atoms with E-state index in [2.05, 4.69) is 69.8 Å². The lowest BCUT2D eigenvalue weighted by Gasteiger charge is -2.15. The molecule has 0 radical (unpaired) electrons. The summed E-state index contributed by atoms with van der Waals surface area (Å²) in [6.45, 7) is 0. The summed E-state index contributed by atoms with van der Waals surface area (Å²) >= 11 is 0. The first-order valence-electron chi connectivity index (χ1n) is 19.5. The number of para-hydroxylation sites is 2. The van der Waals surface area contributed by atoms with Crippen molar-refractivity contribution in [2.45, 2.75) is 0 Å². The minimum Gasteiger partial charge on any atom is -0.309 e. The van der Waals surface area contributed by atoms with Crippen LogP contribution in [0.25, 0.3) is 88.4 Å². The van der Waals surface area contributed by atoms with Crippen molar-refractivity contribution in [1.82, 2.24) is 9.13 Å². The summed E-state index contributed by atoms with van der Waals surface area (Å²) in [5.41, 5.74) is 12.2. The number of fused-ring (bicyclic) bond motifs is 6. The van der Waals surface area contributed by atoms with E-state index in [-0.39, 0.29) is 0 Å². The van der Waals surface area contributed by atoms with Crippen LogP contribution in [0.5, 0.6) is 0 Å². The Hall–Kier alpha value is -9.70. The van der Waals surface area contributed by atoms with E-state index >= 15 is 0 Å². The summed E-state index contributed by atoms with van der Waals surface area (Å²) in [5, 5.41) is 63.8. The molecular formula is C54H26N8. The van der Waals surface area contributed by atoms with Gasteiger partial charge in [-0.05, 0) is 119 Å². The zero-order chi connectivity index (χ0) is 42.5. The topological polar surface area (TPSA) is 153 Å². The molecule has 0 saturated carbocycles. The predicted octanol–water partition coefficient (Wildman–Crippen LogP) is 12.1. The predicted molar refractivity (Wildman–Crippen MR) is 240 cm³/mol. The summed E-state index contributed by atoms with van der Waals surface area (Å²) in [6.07, 6.45) is 0. The Morgan fingerprint density at radius 1 is 0.290 bits per heavy atom. The van der Waals surface area contributed by atoms with Crippen molar-refractivity contribution in [3.8, 4) is 81.2 Å². The second-order valence-electron chi connectivity index (χ2n) is 14.8. The second-order valence-corrected chi connectivity index (χ2v) is 14.8. The molecule has 0 aliphatic heterocycles. The van der Waals surface area contributed by atoms with Crippen LogP contribution in [0.15, 0.2) is 158 Å². The van der Waals surface area contributed by atoms with Crippen LogP contribution in [-0.2, 0) is 0 Å². The molecule has 0 bridgehead atoms. The molecule has 8 aromatic carbocycles. The van der Waals surface area contributed by atoms with Crippen LogP contribution in [0.4, 0.5) is 0 Å². The molecule has 10 aromatic rings. The number of rotatable bonds is 5. The Bertz CT molecular complexity index is 3590. The van der Waals surface area contributed by atoms with Crippen molar-refractivity contribution in [2.24, 2.45) is 0 Å². The average Bonchev–Trinajstić information content (AvgIpc) is 3.85. The number of aromatic nitrogens is 2. The summed E-state index contributed by atoms with van der Waals surface area (Å²) in [7, 11) is 0. The lowest BCUT2D eigenvalue weighted by Crippen LogP contribution is -1.99. The lowest BCUT2D eigenvalue weighted by molar-refractivity contribution is 1.17. The highest BCUT2D eigenvalue weighted by Crippen LogP contribution is 2.40. The zero-order valence-corrected chi connectivity index (χ0v) is 32.6. The maximum absolute atomic E-state index is 10.5. The Morgan fingerprint density at radius 3 is 1.10 bits per heavy atom. The maximum Gasteiger partial charge on any atom is 0.0998 e. The molecule has 8 nitrogen and oxygen atoms in total. The fraction of sp³-hybridized carbons (Fsp3) is 0. The van der Waals surface area contributed by atoms with E-state index in [9.17, 15) is 31.6 Å². The molecular weight excluding hydrogens is 761 g/mol. The smallest absolute Gasteiger partial charge is 0.0998 e. The van der Waals surface area contributed by atoms with Gasteiger partial charge in [0.15, 0.2) is 0 Å². The zero-order valence-electron chi connectivity index (χ0n) is 32.6. The molecule has 62 heavy (non-hydrogen) atoms. The highest BCUT2D eigenvalue weighted by molar-refractivity contribution is 6.12. The van der Waals surface area contributed by atoms with Crippen LogP contribution in [0.2, 0.25) is 0 Å². The van der Waals surface area contributed by atoms with Gasteiger partial charge in [0, 0.05) is 44.0 Å². The lowest BCUT2D eigenvalue weighted by atomic mass is 9.95. The molecule has 0 aliphatic carbocycles. The van der Waals surface area contributed by atoms with E-state index in [4.69, 9.17) is 0 Å². The molecule has 0 N–H and O–H groups in total. The average molecular weight is 787 g/mol. The first kappa shape index (κ1) is 36.6. The van der Waals surface area contributed by atoms with Crippen molar-refractivity contribution in [3.05, 3.63) is 191 Å². The van der Waals surface area contributed by atoms with E-state index in [1.165, 1.54) is 0 Å². The molecule has 2 aromatic heterocycles. The van der Waals surface area contributed by atoms with Crippen molar-refractivity contribution >= 4 is 43.6 Å². The summed E-state index contributed by atoms with van der Waals surface area (Å²) < 4.78 is 4.30. The number of hydrogen-bond donors (Lipinski definition) is 0. The molecule has 8 heteroatoms. The van der Waals surface area contributed by atoms with Gasteiger partial charge in [-0.15, -0.1) is 0 Å². The second kappa shape index (κ2) is 14.6. The van der Waals surface area contributed by atoms with Crippen molar-refractivity contribution in [2.75, 3.05) is 0 Å². The number of nitriles is 6. The van der Waals surface area contributed by atoms with Crippen molar-refractivity contribution < 1.29 is 0 Å². The van der Waals surface area contributed by atoms with Crippen molar-refractivity contribution in [3.63, 3.8) is 0 Å². The normalized spacial score (nSPS) is 10.8. The minimum atomic E-state index is 0.415. The van der Waals surface area contributed by atoms with Crippen LogP contribution in [0.1, 0.15) is 33.4 Å². The van der Waals surface area contributed by atoms with E-state index in [0.29, 0.717) is 44.5 Å². The third kappa shape index (κ3) is 5.71. The Balaban J connectivity index is 1.14. The minimum absolute atomic E-state index is 0.415. The van der Waals surface area contributed by atoms with Gasteiger partial charge >= 0.3 is 0 Å². The highest BCUT2D eigenvalue weighted by Gasteiger charge is 2.20. The molecule has 0 fully saturated rings. The molecule has 0 spiro atoms. The number of nitrogens with zero attached hydrogens (tertiary/aromatic N) is 8. The van der Waals surface area contributed by atoms with Crippen LogP contribution in [0.3, 0.4) is 0 Å². The number of hydrogen-bond acceptors (Lipinski definition) is 6. The third-order valence-electron chi connectivity index (χ3n) is 11.6. The van der Waals surface area contributed by atoms with Gasteiger partial charge in [0.05, 0.1) is 91.9 Å². The largest absolute Gasteiger partial charge is 0.309 e. The molecule has 0 aliphatic rings. The maximum atomic E-state index is 10.5.